The number of carboxylic acids is 1. The van der Waals surface area contributed by atoms with Gasteiger partial charge in [-0.25, -0.2) is 0 Å². The predicted molar refractivity (Wildman–Crippen MR) is 92.5 cm³/mol. The topological polar surface area (TPSA) is 79.3 Å². The third-order valence-electron chi connectivity index (χ3n) is 4.93. The van der Waals surface area contributed by atoms with Gasteiger partial charge in [-0.2, -0.15) is 0 Å². The van der Waals surface area contributed by atoms with Crippen LogP contribution >= 0.6 is 0 Å². The zero-order chi connectivity index (χ0) is 17.7. The molecule has 1 aromatic rings. The summed E-state index contributed by atoms with van der Waals surface area (Å²) in [5.74, 6) is 0.261. The number of carbonyl (C=O) groups excluding carboxylic acids is 1. The zero-order valence-electron chi connectivity index (χ0n) is 14.5. The van der Waals surface area contributed by atoms with Crippen molar-refractivity contribution < 1.29 is 14.7 Å². The van der Waals surface area contributed by atoms with Crippen LogP contribution in [0.2, 0.25) is 0 Å². The van der Waals surface area contributed by atoms with E-state index >= 15 is 0 Å². The number of nitrogens with one attached hydrogen (secondary N) is 1. The number of carboxylic acid groups (broad SMARTS) is 1. The van der Waals surface area contributed by atoms with E-state index in [1.807, 2.05) is 6.92 Å². The fourth-order valence-corrected chi connectivity index (χ4v) is 3.53. The first-order valence-corrected chi connectivity index (χ1v) is 8.46. The minimum Gasteiger partial charge on any atom is -0.481 e. The number of allylic oxidation sites excluding steroid dienone is 1. The maximum atomic E-state index is 12.2. The summed E-state index contributed by atoms with van der Waals surface area (Å²) in [5, 5.41) is 12.1. The third-order valence-corrected chi connectivity index (χ3v) is 4.93. The van der Waals surface area contributed by atoms with Crippen LogP contribution in [0.25, 0.3) is 0 Å². The molecule has 130 valence electrons. The Hall–Kier alpha value is -2.17. The van der Waals surface area contributed by atoms with Crippen molar-refractivity contribution in [2.45, 2.75) is 33.6 Å². The number of nitrogens with zero attached hydrogens (tertiary/aromatic N) is 1. The van der Waals surface area contributed by atoms with E-state index in [2.05, 4.69) is 30.2 Å². The summed E-state index contributed by atoms with van der Waals surface area (Å²) in [6.45, 7) is 6.88. The molecule has 0 spiro atoms. The molecule has 0 radical (unpaired) electrons. The van der Waals surface area contributed by atoms with Gasteiger partial charge >= 0.3 is 5.97 Å². The number of aromatic nitrogens is 1. The molecule has 1 aliphatic carbocycles. The lowest BCUT2D eigenvalue weighted by atomic mass is 9.70. The van der Waals surface area contributed by atoms with Gasteiger partial charge in [-0.1, -0.05) is 25.5 Å². The van der Waals surface area contributed by atoms with E-state index in [1.54, 1.807) is 24.5 Å². The highest BCUT2D eigenvalue weighted by molar-refractivity contribution is 5.93. The second-order valence-corrected chi connectivity index (χ2v) is 6.96. The SMILES string of the molecule is CC1=C[C@@H](CNC(=O)c2cccnc2)[C@H](C(C)C)C[C@H]1CC(=O)O. The van der Waals surface area contributed by atoms with E-state index in [-0.39, 0.29) is 24.2 Å². The van der Waals surface area contributed by atoms with Crippen molar-refractivity contribution in [3.05, 3.63) is 41.7 Å². The Kier molecular flexibility index (Phi) is 6.12. The third kappa shape index (κ3) is 4.66. The standard InChI is InChI=1S/C19H26N2O3/c1-12(2)17-8-15(9-18(22)23)13(3)7-16(17)11-21-19(24)14-5-4-6-20-10-14/h4-7,10,12,15-17H,8-9,11H2,1-3H3,(H,21,24)(H,22,23)/t15-,16-,17-/m0/s1. The largest absolute Gasteiger partial charge is 0.481 e. The molecule has 5 nitrogen and oxygen atoms in total. The quantitative estimate of drug-likeness (QED) is 0.785. The first-order chi connectivity index (χ1) is 11.4. The molecule has 0 bridgehead atoms. The summed E-state index contributed by atoms with van der Waals surface area (Å²) in [5.41, 5.74) is 1.67. The lowest BCUT2D eigenvalue weighted by Gasteiger charge is -2.36. The molecule has 0 aromatic carbocycles. The lowest BCUT2D eigenvalue weighted by molar-refractivity contribution is -0.138. The van der Waals surface area contributed by atoms with Crippen LogP contribution in [0.5, 0.6) is 0 Å². The van der Waals surface area contributed by atoms with Crippen LogP contribution < -0.4 is 5.32 Å². The Labute approximate surface area is 143 Å². The molecule has 1 aromatic heterocycles. The molecule has 0 saturated heterocycles. The van der Waals surface area contributed by atoms with Crippen LogP contribution in [-0.4, -0.2) is 28.5 Å². The van der Waals surface area contributed by atoms with Crippen molar-refractivity contribution in [2.24, 2.45) is 23.7 Å². The summed E-state index contributed by atoms with van der Waals surface area (Å²) >= 11 is 0. The Morgan fingerprint density at radius 3 is 2.75 bits per heavy atom. The van der Waals surface area contributed by atoms with Crippen LogP contribution in [-0.2, 0) is 4.79 Å². The number of carbonyl (C=O) groups is 2. The minimum atomic E-state index is -0.751. The van der Waals surface area contributed by atoms with Gasteiger partial charge in [0.1, 0.15) is 0 Å². The van der Waals surface area contributed by atoms with E-state index < -0.39 is 5.97 Å². The van der Waals surface area contributed by atoms with Crippen LogP contribution in [0.1, 0.15) is 44.0 Å². The minimum absolute atomic E-state index is 0.0974. The summed E-state index contributed by atoms with van der Waals surface area (Å²) < 4.78 is 0. The van der Waals surface area contributed by atoms with E-state index in [4.69, 9.17) is 5.11 Å². The van der Waals surface area contributed by atoms with Crippen LogP contribution in [0.15, 0.2) is 36.2 Å². The van der Waals surface area contributed by atoms with Gasteiger partial charge in [0.15, 0.2) is 0 Å². The van der Waals surface area contributed by atoms with Gasteiger partial charge in [0.05, 0.1) is 12.0 Å². The molecule has 24 heavy (non-hydrogen) atoms. The zero-order valence-corrected chi connectivity index (χ0v) is 14.5. The summed E-state index contributed by atoms with van der Waals surface area (Å²) in [7, 11) is 0. The molecule has 1 amide bonds. The fraction of sp³-hybridized carbons (Fsp3) is 0.526. The number of rotatable bonds is 6. The Morgan fingerprint density at radius 1 is 1.42 bits per heavy atom. The molecule has 1 aliphatic rings. The molecule has 0 aliphatic heterocycles. The number of amides is 1. The van der Waals surface area contributed by atoms with Gasteiger partial charge in [-0.05, 0) is 49.1 Å². The average molecular weight is 330 g/mol. The molecule has 5 heteroatoms. The molecule has 1 heterocycles. The van der Waals surface area contributed by atoms with Crippen LogP contribution in [0, 0.1) is 23.7 Å². The molecule has 2 N–H and O–H groups in total. The monoisotopic (exact) mass is 330 g/mol. The number of hydrogen-bond donors (Lipinski definition) is 2. The van der Waals surface area contributed by atoms with Crippen molar-refractivity contribution >= 4 is 11.9 Å². The van der Waals surface area contributed by atoms with E-state index in [0.717, 1.165) is 12.0 Å². The molecular weight excluding hydrogens is 304 g/mol. The Morgan fingerprint density at radius 2 is 2.17 bits per heavy atom. The first-order valence-electron chi connectivity index (χ1n) is 8.46. The van der Waals surface area contributed by atoms with Crippen molar-refractivity contribution in [3.63, 3.8) is 0 Å². The number of aliphatic carboxylic acids is 1. The molecule has 2 rings (SSSR count). The normalized spacial score (nSPS) is 23.7. The summed E-state index contributed by atoms with van der Waals surface area (Å²) in [4.78, 5) is 27.2. The lowest BCUT2D eigenvalue weighted by Crippen LogP contribution is -2.37. The molecule has 0 fully saturated rings. The molecule has 0 unspecified atom stereocenters. The van der Waals surface area contributed by atoms with Crippen LogP contribution in [0.4, 0.5) is 0 Å². The Balaban J connectivity index is 2.05. The Bertz CT molecular complexity index is 610. The van der Waals surface area contributed by atoms with Crippen molar-refractivity contribution in [3.8, 4) is 0 Å². The van der Waals surface area contributed by atoms with Gasteiger partial charge in [-0.3, -0.25) is 14.6 Å². The van der Waals surface area contributed by atoms with Gasteiger partial charge in [0, 0.05) is 18.9 Å². The first kappa shape index (κ1) is 18.2. The highest BCUT2D eigenvalue weighted by Crippen LogP contribution is 2.38. The van der Waals surface area contributed by atoms with Crippen molar-refractivity contribution in [2.75, 3.05) is 6.54 Å². The van der Waals surface area contributed by atoms with Gasteiger partial charge < -0.3 is 10.4 Å². The second kappa shape index (κ2) is 8.08. The molecule has 0 saturated carbocycles. The second-order valence-electron chi connectivity index (χ2n) is 6.96. The summed E-state index contributed by atoms with van der Waals surface area (Å²) in [6.07, 6.45) is 6.40. The van der Waals surface area contributed by atoms with Gasteiger partial charge in [-0.15, -0.1) is 0 Å². The average Bonchev–Trinajstić information content (AvgIpc) is 2.54. The number of hydrogen-bond acceptors (Lipinski definition) is 3. The van der Waals surface area contributed by atoms with Gasteiger partial charge in [0.25, 0.3) is 5.91 Å². The molecular formula is C19H26N2O3. The van der Waals surface area contributed by atoms with E-state index in [0.29, 0.717) is 23.9 Å². The maximum Gasteiger partial charge on any atom is 0.303 e. The summed E-state index contributed by atoms with van der Waals surface area (Å²) in [6, 6.07) is 3.49. The maximum absolute atomic E-state index is 12.2. The van der Waals surface area contributed by atoms with Crippen LogP contribution in [0.3, 0.4) is 0 Å². The fourth-order valence-electron chi connectivity index (χ4n) is 3.53. The number of pyridine rings is 1. The van der Waals surface area contributed by atoms with Crippen molar-refractivity contribution in [1.82, 2.24) is 10.3 Å². The predicted octanol–water partition coefficient (Wildman–Crippen LogP) is 3.14. The molecule has 3 atom stereocenters. The highest BCUT2D eigenvalue weighted by atomic mass is 16.4. The van der Waals surface area contributed by atoms with E-state index in [9.17, 15) is 9.59 Å². The highest BCUT2D eigenvalue weighted by Gasteiger charge is 2.32. The van der Waals surface area contributed by atoms with Gasteiger partial charge in [0.2, 0.25) is 0 Å². The van der Waals surface area contributed by atoms with Crippen molar-refractivity contribution in [1.29, 1.82) is 0 Å². The smallest absolute Gasteiger partial charge is 0.303 e. The van der Waals surface area contributed by atoms with E-state index in [1.165, 1.54) is 0 Å².